The average Bonchev–Trinajstić information content (AvgIpc) is 3.48. The van der Waals surface area contributed by atoms with Gasteiger partial charge in [-0.25, -0.2) is 9.11 Å². The number of hydrogen-bond donors (Lipinski definition) is 2. The topological polar surface area (TPSA) is 97.0 Å². The van der Waals surface area contributed by atoms with Gasteiger partial charge < -0.3 is 14.8 Å². The van der Waals surface area contributed by atoms with Crippen LogP contribution in [0.3, 0.4) is 0 Å². The van der Waals surface area contributed by atoms with Gasteiger partial charge in [-0.1, -0.05) is 24.4 Å². The highest BCUT2D eigenvalue weighted by molar-refractivity contribution is 7.87. The van der Waals surface area contributed by atoms with Crippen molar-refractivity contribution >= 4 is 27.7 Å². The van der Waals surface area contributed by atoms with Gasteiger partial charge in [0.1, 0.15) is 11.6 Å². The quantitative estimate of drug-likeness (QED) is 0.566. The van der Waals surface area contributed by atoms with E-state index in [0.717, 1.165) is 57.3 Å². The highest BCUT2D eigenvalue weighted by atomic mass is 35.5. The molecule has 0 spiro atoms. The van der Waals surface area contributed by atoms with Crippen molar-refractivity contribution in [2.45, 2.75) is 57.2 Å². The Morgan fingerprint density at radius 2 is 1.88 bits per heavy atom. The van der Waals surface area contributed by atoms with Crippen molar-refractivity contribution in [2.24, 2.45) is 5.92 Å². The van der Waals surface area contributed by atoms with Gasteiger partial charge in [-0.3, -0.25) is 4.79 Å². The molecule has 1 aromatic carbocycles. The third-order valence-electron chi connectivity index (χ3n) is 6.58. The van der Waals surface area contributed by atoms with E-state index in [0.29, 0.717) is 25.4 Å². The van der Waals surface area contributed by atoms with Crippen LogP contribution in [-0.4, -0.2) is 63.6 Å². The molecule has 2 N–H and O–H groups in total. The number of hydrogen-bond acceptors (Lipinski definition) is 6. The van der Waals surface area contributed by atoms with Crippen molar-refractivity contribution < 1.29 is 27.1 Å². The van der Waals surface area contributed by atoms with E-state index in [2.05, 4.69) is 5.32 Å². The Labute approximate surface area is 199 Å². The molecule has 1 aromatic rings. The summed E-state index contributed by atoms with van der Waals surface area (Å²) in [6.07, 6.45) is 6.64. The Kier molecular flexibility index (Phi) is 8.11. The minimum absolute atomic E-state index is 0.00919. The molecule has 0 aromatic heterocycles. The molecule has 3 aliphatic rings. The van der Waals surface area contributed by atoms with E-state index < -0.39 is 27.5 Å². The molecule has 1 saturated carbocycles. The van der Waals surface area contributed by atoms with Crippen molar-refractivity contribution in [3.63, 3.8) is 0 Å². The van der Waals surface area contributed by atoms with Gasteiger partial charge in [-0.15, -0.1) is 0 Å². The van der Waals surface area contributed by atoms with Gasteiger partial charge in [0.2, 0.25) is 0 Å². The predicted octanol–water partition coefficient (Wildman–Crippen LogP) is 2.87. The van der Waals surface area contributed by atoms with E-state index in [1.54, 1.807) is 0 Å². The third kappa shape index (κ3) is 6.36. The molecule has 33 heavy (non-hydrogen) atoms. The molecule has 184 valence electrons. The number of rotatable bonds is 8. The Morgan fingerprint density at radius 3 is 2.55 bits per heavy atom. The standard InChI is InChI=1S/C22H31ClFN3O5S/c23-19-11-18(20(24)12-21(19)31-14-15-3-1-2-4-15)22(28)26-33(29,30)27-9-6-16(7-10-27)32-17-5-8-25-13-17/h11-12,15-17,25H,1-10,13-14H2,(H,26,28)/t17-/m1/s1. The van der Waals surface area contributed by atoms with Crippen LogP contribution in [0, 0.1) is 11.7 Å². The number of nitrogens with zero attached hydrogens (tertiary/aromatic N) is 1. The number of benzene rings is 1. The second kappa shape index (κ2) is 10.9. The van der Waals surface area contributed by atoms with E-state index in [-0.39, 0.29) is 36.1 Å². The summed E-state index contributed by atoms with van der Waals surface area (Å²) in [6.45, 7) is 2.64. The van der Waals surface area contributed by atoms with E-state index in [9.17, 15) is 17.6 Å². The van der Waals surface area contributed by atoms with Crippen molar-refractivity contribution in [1.82, 2.24) is 14.3 Å². The number of ether oxygens (including phenoxy) is 2. The summed E-state index contributed by atoms with van der Waals surface area (Å²) < 4.78 is 54.8. The van der Waals surface area contributed by atoms with Crippen LogP contribution in [0.25, 0.3) is 0 Å². The molecule has 1 amide bonds. The van der Waals surface area contributed by atoms with Gasteiger partial charge >= 0.3 is 10.2 Å². The normalized spacial score (nSPS) is 23.2. The van der Waals surface area contributed by atoms with E-state index in [4.69, 9.17) is 21.1 Å². The maximum atomic E-state index is 14.6. The largest absolute Gasteiger partial charge is 0.492 e. The molecule has 3 fully saturated rings. The SMILES string of the molecule is O=C(NS(=O)(=O)N1CCC(O[C@@H]2CCNC2)CC1)c1cc(Cl)c(OCC2CCCC2)cc1F. The highest BCUT2D eigenvalue weighted by Gasteiger charge is 2.32. The Morgan fingerprint density at radius 1 is 1.15 bits per heavy atom. The number of nitrogens with one attached hydrogen (secondary N) is 2. The Bertz CT molecular complexity index is 944. The average molecular weight is 504 g/mol. The first-order chi connectivity index (χ1) is 15.8. The fraction of sp³-hybridized carbons (Fsp3) is 0.682. The summed E-state index contributed by atoms with van der Waals surface area (Å²) in [5, 5.41) is 3.30. The number of amides is 1. The lowest BCUT2D eigenvalue weighted by molar-refractivity contribution is -0.0244. The molecule has 1 atom stereocenters. The first-order valence-electron chi connectivity index (χ1n) is 11.6. The zero-order valence-corrected chi connectivity index (χ0v) is 20.1. The van der Waals surface area contributed by atoms with Crippen LogP contribution in [0.1, 0.15) is 55.3 Å². The number of carbonyl (C=O) groups excluding carboxylic acids is 1. The van der Waals surface area contributed by atoms with Gasteiger partial charge in [0, 0.05) is 25.7 Å². The van der Waals surface area contributed by atoms with Gasteiger partial charge in [-0.2, -0.15) is 12.7 Å². The molecule has 2 saturated heterocycles. The van der Waals surface area contributed by atoms with Crippen LogP contribution < -0.4 is 14.8 Å². The van der Waals surface area contributed by atoms with Crippen LogP contribution in [0.5, 0.6) is 5.75 Å². The van der Waals surface area contributed by atoms with Crippen LogP contribution in [0.2, 0.25) is 5.02 Å². The molecule has 8 nitrogen and oxygen atoms in total. The predicted molar refractivity (Wildman–Crippen MR) is 122 cm³/mol. The maximum absolute atomic E-state index is 14.6. The van der Waals surface area contributed by atoms with Gasteiger partial charge in [0.05, 0.1) is 29.4 Å². The fourth-order valence-corrected chi connectivity index (χ4v) is 6.04. The van der Waals surface area contributed by atoms with Crippen molar-refractivity contribution in [3.05, 3.63) is 28.5 Å². The minimum Gasteiger partial charge on any atom is -0.492 e. The Balaban J connectivity index is 1.32. The number of halogens is 2. The van der Waals surface area contributed by atoms with Crippen molar-refractivity contribution in [3.8, 4) is 5.75 Å². The molecule has 0 radical (unpaired) electrons. The number of piperidine rings is 1. The summed E-state index contributed by atoms with van der Waals surface area (Å²) >= 11 is 6.19. The molecule has 2 aliphatic heterocycles. The molecule has 4 rings (SSSR count). The van der Waals surface area contributed by atoms with Crippen molar-refractivity contribution in [2.75, 3.05) is 32.8 Å². The molecule has 11 heteroatoms. The van der Waals surface area contributed by atoms with Gasteiger partial charge in [0.25, 0.3) is 5.91 Å². The van der Waals surface area contributed by atoms with Crippen LogP contribution in [0.15, 0.2) is 12.1 Å². The first-order valence-corrected chi connectivity index (χ1v) is 13.4. The molecular weight excluding hydrogens is 473 g/mol. The zero-order valence-electron chi connectivity index (χ0n) is 18.5. The maximum Gasteiger partial charge on any atom is 0.304 e. The van der Waals surface area contributed by atoms with E-state index >= 15 is 0 Å². The summed E-state index contributed by atoms with van der Waals surface area (Å²) in [5.74, 6) is -1.38. The first kappa shape index (κ1) is 24.7. The van der Waals surface area contributed by atoms with Crippen molar-refractivity contribution in [1.29, 1.82) is 0 Å². The second-order valence-corrected chi connectivity index (χ2v) is 11.1. The Hall–Kier alpha value is -1.46. The minimum atomic E-state index is -4.12. The summed E-state index contributed by atoms with van der Waals surface area (Å²) in [4.78, 5) is 12.6. The monoisotopic (exact) mass is 503 g/mol. The summed E-state index contributed by atoms with van der Waals surface area (Å²) in [7, 11) is -4.12. The molecule has 0 unspecified atom stereocenters. The third-order valence-corrected chi connectivity index (χ3v) is 8.36. The molecule has 2 heterocycles. The summed E-state index contributed by atoms with van der Waals surface area (Å²) in [6, 6.07) is 2.15. The summed E-state index contributed by atoms with van der Waals surface area (Å²) in [5.41, 5.74) is -0.441. The van der Waals surface area contributed by atoms with Gasteiger partial charge in [0.15, 0.2) is 0 Å². The fourth-order valence-electron chi connectivity index (χ4n) is 4.66. The second-order valence-electron chi connectivity index (χ2n) is 9.01. The molecular formula is C22H31ClFN3O5S. The molecule has 0 bridgehead atoms. The van der Waals surface area contributed by atoms with E-state index in [1.165, 1.54) is 4.31 Å². The number of carbonyl (C=O) groups is 1. The lowest BCUT2D eigenvalue weighted by atomic mass is 10.1. The molecule has 1 aliphatic carbocycles. The lowest BCUT2D eigenvalue weighted by Crippen LogP contribution is -2.48. The lowest BCUT2D eigenvalue weighted by Gasteiger charge is -2.32. The van der Waals surface area contributed by atoms with E-state index in [1.807, 2.05) is 4.72 Å². The highest BCUT2D eigenvalue weighted by Crippen LogP contribution is 2.31. The zero-order chi connectivity index (χ0) is 23.4. The van der Waals surface area contributed by atoms with Crippen LogP contribution in [0.4, 0.5) is 4.39 Å². The van der Waals surface area contributed by atoms with Crippen LogP contribution in [-0.2, 0) is 14.9 Å². The van der Waals surface area contributed by atoms with Crippen LogP contribution >= 0.6 is 11.6 Å². The smallest absolute Gasteiger partial charge is 0.304 e. The van der Waals surface area contributed by atoms with Gasteiger partial charge in [-0.05, 0) is 50.6 Å².